The normalized spacial score (nSPS) is 26.1. The van der Waals surface area contributed by atoms with Gasteiger partial charge in [-0.25, -0.2) is 0 Å². The van der Waals surface area contributed by atoms with Gasteiger partial charge < -0.3 is 10.2 Å². The number of hydrogen-bond donors (Lipinski definition) is 2. The maximum atomic E-state index is 11.6. The van der Waals surface area contributed by atoms with Gasteiger partial charge in [0.1, 0.15) is 5.54 Å². The Hall–Kier alpha value is -1.39. The molecular formula is C14H19NO3. The summed E-state index contributed by atoms with van der Waals surface area (Å²) in [6.45, 7) is 2.85. The summed E-state index contributed by atoms with van der Waals surface area (Å²) in [6, 6.07) is 9.78. The molecule has 0 bridgehead atoms. The molecule has 0 radical (unpaired) electrons. The van der Waals surface area contributed by atoms with E-state index in [0.717, 1.165) is 12.0 Å². The molecule has 4 heteroatoms. The van der Waals surface area contributed by atoms with Gasteiger partial charge in [-0.05, 0) is 31.9 Å². The van der Waals surface area contributed by atoms with E-state index in [1.165, 1.54) is 0 Å². The lowest BCUT2D eigenvalue weighted by Gasteiger charge is -2.37. The summed E-state index contributed by atoms with van der Waals surface area (Å²) in [6.07, 6.45) is 0.442. The standard InChI is InChI=1S/C14H19NO3/c1-11(16)14(13(17)18)8-5-9-15(14)10-12-6-3-2-4-7-12/h2-4,6-7,11,16H,5,8-10H2,1H3,(H,17,18). The zero-order valence-electron chi connectivity index (χ0n) is 10.5. The number of aliphatic carboxylic acids is 1. The second-order valence-electron chi connectivity index (χ2n) is 4.92. The Bertz CT molecular complexity index is 418. The monoisotopic (exact) mass is 249 g/mol. The van der Waals surface area contributed by atoms with E-state index in [1.54, 1.807) is 6.92 Å². The molecule has 2 unspecified atom stereocenters. The van der Waals surface area contributed by atoms with E-state index in [2.05, 4.69) is 0 Å². The largest absolute Gasteiger partial charge is 0.480 e. The molecule has 1 aromatic rings. The summed E-state index contributed by atoms with van der Waals surface area (Å²) in [5.74, 6) is -0.925. The zero-order chi connectivity index (χ0) is 13.2. The molecule has 1 heterocycles. The highest BCUT2D eigenvalue weighted by atomic mass is 16.4. The number of likely N-dealkylation sites (tertiary alicyclic amines) is 1. The van der Waals surface area contributed by atoms with E-state index in [4.69, 9.17) is 0 Å². The minimum atomic E-state index is -1.13. The van der Waals surface area contributed by atoms with Gasteiger partial charge >= 0.3 is 5.97 Å². The van der Waals surface area contributed by atoms with Crippen LogP contribution in [0.4, 0.5) is 0 Å². The minimum absolute atomic E-state index is 0.507. The predicted molar refractivity (Wildman–Crippen MR) is 68.1 cm³/mol. The van der Waals surface area contributed by atoms with Crippen LogP contribution in [-0.2, 0) is 11.3 Å². The maximum absolute atomic E-state index is 11.6. The van der Waals surface area contributed by atoms with E-state index in [0.29, 0.717) is 19.5 Å². The van der Waals surface area contributed by atoms with Crippen molar-refractivity contribution in [3.63, 3.8) is 0 Å². The van der Waals surface area contributed by atoms with Crippen molar-refractivity contribution in [3.8, 4) is 0 Å². The topological polar surface area (TPSA) is 60.8 Å². The summed E-state index contributed by atoms with van der Waals surface area (Å²) in [7, 11) is 0. The van der Waals surface area contributed by atoms with Gasteiger partial charge in [-0.15, -0.1) is 0 Å². The van der Waals surface area contributed by atoms with Crippen LogP contribution in [0, 0.1) is 0 Å². The number of aliphatic hydroxyl groups excluding tert-OH is 1. The van der Waals surface area contributed by atoms with Crippen LogP contribution >= 0.6 is 0 Å². The first-order chi connectivity index (χ1) is 8.57. The number of hydrogen-bond acceptors (Lipinski definition) is 3. The Kier molecular flexibility index (Phi) is 3.68. The van der Waals surface area contributed by atoms with E-state index in [1.807, 2.05) is 35.2 Å². The SMILES string of the molecule is CC(O)C1(C(=O)O)CCCN1Cc1ccccc1. The first-order valence-electron chi connectivity index (χ1n) is 6.28. The van der Waals surface area contributed by atoms with Crippen LogP contribution < -0.4 is 0 Å². The van der Waals surface area contributed by atoms with E-state index in [9.17, 15) is 15.0 Å². The molecule has 2 rings (SSSR count). The average Bonchev–Trinajstić information content (AvgIpc) is 2.75. The molecule has 0 aromatic heterocycles. The van der Waals surface area contributed by atoms with Gasteiger partial charge in [-0.1, -0.05) is 30.3 Å². The van der Waals surface area contributed by atoms with E-state index in [-0.39, 0.29) is 0 Å². The highest BCUT2D eigenvalue weighted by Gasteiger charge is 2.51. The predicted octanol–water partition coefficient (Wildman–Crippen LogP) is 1.49. The molecule has 1 fully saturated rings. The Morgan fingerprint density at radius 1 is 1.44 bits per heavy atom. The van der Waals surface area contributed by atoms with Crippen molar-refractivity contribution in [2.75, 3.05) is 6.54 Å². The van der Waals surface area contributed by atoms with Crippen molar-refractivity contribution in [2.24, 2.45) is 0 Å². The number of aliphatic hydroxyl groups is 1. The Labute approximate surface area is 107 Å². The van der Waals surface area contributed by atoms with Crippen molar-refractivity contribution in [1.29, 1.82) is 0 Å². The van der Waals surface area contributed by atoms with Gasteiger partial charge in [-0.3, -0.25) is 9.69 Å². The molecule has 98 valence electrons. The molecular weight excluding hydrogens is 230 g/mol. The van der Waals surface area contributed by atoms with Crippen molar-refractivity contribution >= 4 is 5.97 Å². The number of carboxylic acids is 1. The zero-order valence-corrected chi connectivity index (χ0v) is 10.5. The number of carboxylic acid groups (broad SMARTS) is 1. The minimum Gasteiger partial charge on any atom is -0.480 e. The van der Waals surface area contributed by atoms with Crippen molar-refractivity contribution in [3.05, 3.63) is 35.9 Å². The molecule has 0 aliphatic carbocycles. The van der Waals surface area contributed by atoms with Crippen molar-refractivity contribution in [1.82, 2.24) is 4.90 Å². The Balaban J connectivity index is 2.24. The third-order valence-electron chi connectivity index (χ3n) is 3.83. The molecule has 0 amide bonds. The lowest BCUT2D eigenvalue weighted by Crippen LogP contribution is -2.57. The van der Waals surface area contributed by atoms with Crippen molar-refractivity contribution < 1.29 is 15.0 Å². The second kappa shape index (κ2) is 5.08. The average molecular weight is 249 g/mol. The first-order valence-corrected chi connectivity index (χ1v) is 6.28. The molecule has 4 nitrogen and oxygen atoms in total. The van der Waals surface area contributed by atoms with Gasteiger partial charge in [0, 0.05) is 6.54 Å². The molecule has 2 N–H and O–H groups in total. The lowest BCUT2D eigenvalue weighted by atomic mass is 9.90. The number of benzene rings is 1. The van der Waals surface area contributed by atoms with Crippen LogP contribution in [0.15, 0.2) is 30.3 Å². The van der Waals surface area contributed by atoms with Crippen LogP contribution in [0.5, 0.6) is 0 Å². The molecule has 2 atom stereocenters. The fourth-order valence-electron chi connectivity index (χ4n) is 2.81. The van der Waals surface area contributed by atoms with Crippen LogP contribution in [-0.4, -0.2) is 39.3 Å². The second-order valence-corrected chi connectivity index (χ2v) is 4.92. The Morgan fingerprint density at radius 3 is 2.67 bits per heavy atom. The van der Waals surface area contributed by atoms with E-state index < -0.39 is 17.6 Å². The fourth-order valence-corrected chi connectivity index (χ4v) is 2.81. The Morgan fingerprint density at radius 2 is 2.11 bits per heavy atom. The van der Waals surface area contributed by atoms with Gasteiger partial charge in [0.2, 0.25) is 0 Å². The van der Waals surface area contributed by atoms with Crippen LogP contribution in [0.2, 0.25) is 0 Å². The lowest BCUT2D eigenvalue weighted by molar-refractivity contribution is -0.157. The smallest absolute Gasteiger partial charge is 0.326 e. The van der Waals surface area contributed by atoms with Gasteiger partial charge in [-0.2, -0.15) is 0 Å². The van der Waals surface area contributed by atoms with Crippen LogP contribution in [0.25, 0.3) is 0 Å². The highest BCUT2D eigenvalue weighted by Crippen LogP contribution is 2.34. The molecule has 0 saturated carbocycles. The first kappa shape index (κ1) is 13.1. The van der Waals surface area contributed by atoms with Gasteiger partial charge in [0.25, 0.3) is 0 Å². The van der Waals surface area contributed by atoms with Gasteiger partial charge in [0.15, 0.2) is 0 Å². The molecule has 1 aliphatic rings. The number of rotatable bonds is 4. The molecule has 1 aliphatic heterocycles. The molecule has 0 spiro atoms. The summed E-state index contributed by atoms with van der Waals surface area (Å²) >= 11 is 0. The highest BCUT2D eigenvalue weighted by molar-refractivity contribution is 5.80. The number of nitrogens with zero attached hydrogens (tertiary/aromatic N) is 1. The van der Waals surface area contributed by atoms with E-state index >= 15 is 0 Å². The quantitative estimate of drug-likeness (QED) is 0.848. The molecule has 18 heavy (non-hydrogen) atoms. The fraction of sp³-hybridized carbons (Fsp3) is 0.500. The maximum Gasteiger partial charge on any atom is 0.326 e. The van der Waals surface area contributed by atoms with Gasteiger partial charge in [0.05, 0.1) is 6.10 Å². The summed E-state index contributed by atoms with van der Waals surface area (Å²) < 4.78 is 0. The molecule has 1 aromatic carbocycles. The third-order valence-corrected chi connectivity index (χ3v) is 3.83. The summed E-state index contributed by atoms with van der Waals surface area (Å²) in [4.78, 5) is 13.4. The molecule has 1 saturated heterocycles. The third kappa shape index (κ3) is 2.13. The van der Waals surface area contributed by atoms with Crippen LogP contribution in [0.1, 0.15) is 25.3 Å². The van der Waals surface area contributed by atoms with Crippen LogP contribution in [0.3, 0.4) is 0 Å². The summed E-state index contributed by atoms with van der Waals surface area (Å²) in [5, 5.41) is 19.4. The number of carbonyl (C=O) groups is 1. The van der Waals surface area contributed by atoms with Crippen molar-refractivity contribution in [2.45, 2.75) is 38.0 Å². The summed E-state index contributed by atoms with van der Waals surface area (Å²) in [5.41, 5.74) is -0.0544.